The van der Waals surface area contributed by atoms with E-state index in [9.17, 15) is 14.4 Å². The molecule has 1 aromatic rings. The fourth-order valence-corrected chi connectivity index (χ4v) is 3.78. The van der Waals surface area contributed by atoms with Crippen LogP contribution in [0.4, 0.5) is 16.2 Å². The summed E-state index contributed by atoms with van der Waals surface area (Å²) < 4.78 is 0. The van der Waals surface area contributed by atoms with Crippen LogP contribution < -0.4 is 11.1 Å². The second kappa shape index (κ2) is 7.53. The van der Waals surface area contributed by atoms with Gasteiger partial charge in [-0.15, -0.1) is 12.4 Å². The van der Waals surface area contributed by atoms with Gasteiger partial charge in [0.2, 0.25) is 5.91 Å². The molecule has 2 aliphatic rings. The number of hydrogen-bond acceptors (Lipinski definition) is 4. The number of rotatable bonds is 3. The number of nitrogen functional groups attached to an aromatic ring is 1. The van der Waals surface area contributed by atoms with E-state index >= 15 is 0 Å². The quantitative estimate of drug-likeness (QED) is 0.622. The number of nitrogens with zero attached hydrogens (tertiary/aromatic N) is 2. The van der Waals surface area contributed by atoms with E-state index in [1.54, 1.807) is 19.2 Å². The number of benzene rings is 1. The molecule has 1 spiro atoms. The number of carbonyl (C=O) groups excluding carboxylic acids is 3. The molecule has 1 aromatic carbocycles. The Bertz CT molecular complexity index is 731. The molecule has 2 fully saturated rings. The number of aryl methyl sites for hydroxylation is 1. The zero-order valence-electron chi connectivity index (χ0n) is 15.1. The molecule has 1 aliphatic heterocycles. The van der Waals surface area contributed by atoms with Gasteiger partial charge in [0.15, 0.2) is 0 Å². The van der Waals surface area contributed by atoms with E-state index < -0.39 is 17.5 Å². The Morgan fingerprint density at radius 1 is 1.23 bits per heavy atom. The van der Waals surface area contributed by atoms with Crippen molar-refractivity contribution in [1.29, 1.82) is 0 Å². The normalized spacial score (nSPS) is 18.8. The van der Waals surface area contributed by atoms with Gasteiger partial charge < -0.3 is 16.0 Å². The van der Waals surface area contributed by atoms with E-state index in [4.69, 9.17) is 5.73 Å². The second-order valence-corrected chi connectivity index (χ2v) is 6.95. The minimum Gasteiger partial charge on any atom is -0.399 e. The summed E-state index contributed by atoms with van der Waals surface area (Å²) in [7, 11) is 1.66. The lowest BCUT2D eigenvalue weighted by Gasteiger charge is -2.35. The van der Waals surface area contributed by atoms with Crippen molar-refractivity contribution >= 4 is 41.6 Å². The minimum atomic E-state index is -0.761. The van der Waals surface area contributed by atoms with Crippen molar-refractivity contribution in [3.8, 4) is 0 Å². The van der Waals surface area contributed by atoms with Gasteiger partial charge >= 0.3 is 6.03 Å². The second-order valence-electron chi connectivity index (χ2n) is 6.95. The van der Waals surface area contributed by atoms with Crippen molar-refractivity contribution in [2.45, 2.75) is 44.6 Å². The van der Waals surface area contributed by atoms with Gasteiger partial charge in [-0.3, -0.25) is 14.5 Å². The first-order valence-corrected chi connectivity index (χ1v) is 8.61. The number of imide groups is 1. The van der Waals surface area contributed by atoms with Crippen molar-refractivity contribution in [2.24, 2.45) is 0 Å². The molecular formula is C18H25ClN4O3. The average Bonchev–Trinajstić information content (AvgIpc) is 2.75. The summed E-state index contributed by atoms with van der Waals surface area (Å²) >= 11 is 0. The van der Waals surface area contributed by atoms with Crippen LogP contribution >= 0.6 is 12.4 Å². The maximum Gasteiger partial charge on any atom is 0.327 e. The van der Waals surface area contributed by atoms with Crippen molar-refractivity contribution in [1.82, 2.24) is 9.80 Å². The molecule has 3 N–H and O–H groups in total. The zero-order chi connectivity index (χ0) is 18.2. The van der Waals surface area contributed by atoms with Gasteiger partial charge in [0.1, 0.15) is 12.1 Å². The first-order valence-electron chi connectivity index (χ1n) is 8.61. The molecule has 1 heterocycles. The van der Waals surface area contributed by atoms with Crippen molar-refractivity contribution in [3.05, 3.63) is 23.8 Å². The average molecular weight is 381 g/mol. The van der Waals surface area contributed by atoms with Gasteiger partial charge in [0.25, 0.3) is 5.91 Å². The van der Waals surface area contributed by atoms with E-state index in [0.29, 0.717) is 24.2 Å². The van der Waals surface area contributed by atoms with Crippen LogP contribution in [0.3, 0.4) is 0 Å². The summed E-state index contributed by atoms with van der Waals surface area (Å²) in [6, 6.07) is 4.82. The van der Waals surface area contributed by atoms with Crippen LogP contribution in [0.1, 0.15) is 37.7 Å². The molecule has 142 valence electrons. The third-order valence-corrected chi connectivity index (χ3v) is 5.32. The Labute approximate surface area is 159 Å². The van der Waals surface area contributed by atoms with Gasteiger partial charge in [-0.05, 0) is 37.5 Å². The Morgan fingerprint density at radius 3 is 2.54 bits per heavy atom. The number of halogens is 1. The Hall–Kier alpha value is -2.28. The molecule has 26 heavy (non-hydrogen) atoms. The Kier molecular flexibility index (Phi) is 5.81. The summed E-state index contributed by atoms with van der Waals surface area (Å²) in [5.41, 5.74) is 6.97. The SMILES string of the molecule is Cc1ccc(N)cc1NC(=O)CN1C(=O)N(C)C2(CCCCC2)C1=O.Cl. The van der Waals surface area contributed by atoms with Crippen LogP contribution in [0.15, 0.2) is 18.2 Å². The standard InChI is InChI=1S/C18H24N4O3.ClH/c1-12-6-7-13(19)10-14(12)20-15(23)11-22-16(24)18(21(2)17(22)25)8-4-3-5-9-18;/h6-7,10H,3-5,8-9,11,19H2,1-2H3,(H,20,23);1H. The van der Waals surface area contributed by atoms with Gasteiger partial charge in [-0.1, -0.05) is 25.3 Å². The Balaban J connectivity index is 0.00000243. The predicted molar refractivity (Wildman–Crippen MR) is 102 cm³/mol. The lowest BCUT2D eigenvalue weighted by Crippen LogP contribution is -2.49. The van der Waals surface area contributed by atoms with E-state index in [1.165, 1.54) is 4.90 Å². The number of likely N-dealkylation sites (N-methyl/N-ethyl adjacent to an activating group) is 1. The van der Waals surface area contributed by atoms with Gasteiger partial charge in [0.05, 0.1) is 0 Å². The molecule has 4 amide bonds. The molecule has 1 aliphatic carbocycles. The summed E-state index contributed by atoms with van der Waals surface area (Å²) in [5.74, 6) is -0.657. The highest BCUT2D eigenvalue weighted by molar-refractivity contribution is 6.10. The number of nitrogens with two attached hydrogens (primary N) is 1. The third kappa shape index (κ3) is 3.35. The van der Waals surface area contributed by atoms with E-state index in [0.717, 1.165) is 29.7 Å². The summed E-state index contributed by atoms with van der Waals surface area (Å²) in [6.45, 7) is 1.57. The highest BCUT2D eigenvalue weighted by atomic mass is 35.5. The molecule has 0 aromatic heterocycles. The number of urea groups is 1. The largest absolute Gasteiger partial charge is 0.399 e. The van der Waals surface area contributed by atoms with Crippen LogP contribution in [-0.4, -0.2) is 46.8 Å². The molecule has 0 atom stereocenters. The summed E-state index contributed by atoms with van der Waals surface area (Å²) in [4.78, 5) is 40.4. The first-order chi connectivity index (χ1) is 11.8. The maximum absolute atomic E-state index is 12.9. The predicted octanol–water partition coefficient (Wildman–Crippen LogP) is 2.53. The maximum atomic E-state index is 12.9. The molecule has 3 rings (SSSR count). The van der Waals surface area contributed by atoms with E-state index in [1.807, 2.05) is 13.0 Å². The van der Waals surface area contributed by atoms with Crippen molar-refractivity contribution < 1.29 is 14.4 Å². The van der Waals surface area contributed by atoms with Crippen LogP contribution in [0.5, 0.6) is 0 Å². The van der Waals surface area contributed by atoms with Gasteiger partial charge in [-0.2, -0.15) is 0 Å². The molecule has 1 saturated heterocycles. The number of amides is 4. The summed E-state index contributed by atoms with van der Waals surface area (Å²) in [5, 5.41) is 2.74. The molecule has 0 unspecified atom stereocenters. The fraction of sp³-hybridized carbons (Fsp3) is 0.500. The van der Waals surface area contributed by atoms with Crippen molar-refractivity contribution in [3.63, 3.8) is 0 Å². The van der Waals surface area contributed by atoms with Crippen LogP contribution in [-0.2, 0) is 9.59 Å². The first kappa shape index (κ1) is 20.0. The molecule has 8 heteroatoms. The van der Waals surface area contributed by atoms with E-state index in [2.05, 4.69) is 5.32 Å². The molecule has 7 nitrogen and oxygen atoms in total. The van der Waals surface area contributed by atoms with Gasteiger partial charge in [-0.25, -0.2) is 4.79 Å². The van der Waals surface area contributed by atoms with E-state index in [-0.39, 0.29) is 24.9 Å². The third-order valence-electron chi connectivity index (χ3n) is 5.32. The molecule has 1 saturated carbocycles. The number of nitrogens with one attached hydrogen (secondary N) is 1. The van der Waals surface area contributed by atoms with Gasteiger partial charge in [0, 0.05) is 18.4 Å². The monoisotopic (exact) mass is 380 g/mol. The highest BCUT2D eigenvalue weighted by Crippen LogP contribution is 2.39. The molecular weight excluding hydrogens is 356 g/mol. The molecule has 0 radical (unpaired) electrons. The minimum absolute atomic E-state index is 0. The number of anilines is 2. The van der Waals surface area contributed by atoms with Crippen LogP contribution in [0.2, 0.25) is 0 Å². The number of hydrogen-bond donors (Lipinski definition) is 2. The smallest absolute Gasteiger partial charge is 0.327 e. The summed E-state index contributed by atoms with van der Waals surface area (Å²) in [6.07, 6.45) is 4.26. The number of carbonyl (C=O) groups is 3. The van der Waals surface area contributed by atoms with Crippen LogP contribution in [0.25, 0.3) is 0 Å². The topological polar surface area (TPSA) is 95.7 Å². The fourth-order valence-electron chi connectivity index (χ4n) is 3.78. The lowest BCUT2D eigenvalue weighted by atomic mass is 9.81. The lowest BCUT2D eigenvalue weighted by molar-refractivity contribution is -0.136. The highest BCUT2D eigenvalue weighted by Gasteiger charge is 2.55. The zero-order valence-corrected chi connectivity index (χ0v) is 15.9. The van der Waals surface area contributed by atoms with Crippen LogP contribution in [0, 0.1) is 6.92 Å². The Morgan fingerprint density at radius 2 is 1.88 bits per heavy atom. The molecule has 0 bridgehead atoms. The van der Waals surface area contributed by atoms with Crippen molar-refractivity contribution in [2.75, 3.05) is 24.6 Å².